The van der Waals surface area contributed by atoms with Crippen LogP contribution in [0.25, 0.3) is 5.69 Å². The van der Waals surface area contributed by atoms with E-state index >= 15 is 0 Å². The van der Waals surface area contributed by atoms with Gasteiger partial charge in [0.2, 0.25) is 0 Å². The molecule has 1 aliphatic rings. The van der Waals surface area contributed by atoms with Crippen molar-refractivity contribution < 1.29 is 0 Å². The van der Waals surface area contributed by atoms with Crippen LogP contribution in [0.3, 0.4) is 0 Å². The number of aryl methyl sites for hydroxylation is 2. The van der Waals surface area contributed by atoms with Gasteiger partial charge in [-0.15, -0.1) is 0 Å². The lowest BCUT2D eigenvalue weighted by molar-refractivity contribution is 0.260. The number of rotatable bonds is 2. The lowest BCUT2D eigenvalue weighted by Gasteiger charge is -2.35. The van der Waals surface area contributed by atoms with Gasteiger partial charge < -0.3 is 5.32 Å². The molecule has 1 aromatic heterocycles. The smallest absolute Gasteiger partial charge is 0.0654 e. The number of fused-ring (bicyclic) bond motifs is 1. The molecule has 0 fully saturated rings. The molecular weight excluding hydrogens is 258 g/mol. The highest BCUT2D eigenvalue weighted by Gasteiger charge is 2.34. The van der Waals surface area contributed by atoms with Crippen molar-refractivity contribution in [2.45, 2.75) is 46.6 Å². The Morgan fingerprint density at radius 3 is 2.48 bits per heavy atom. The summed E-state index contributed by atoms with van der Waals surface area (Å²) in [6, 6.07) is 7.05. The first-order chi connectivity index (χ1) is 9.89. The first kappa shape index (κ1) is 14.3. The average molecular weight is 283 g/mol. The van der Waals surface area contributed by atoms with E-state index in [-0.39, 0.29) is 0 Å². The lowest BCUT2D eigenvalue weighted by atomic mass is 9.74. The van der Waals surface area contributed by atoms with Gasteiger partial charge in [-0.2, -0.15) is 5.10 Å². The number of hydrogen-bond acceptors (Lipinski definition) is 2. The molecule has 1 atom stereocenters. The molecule has 1 N–H and O–H groups in total. The molecule has 0 bridgehead atoms. The summed E-state index contributed by atoms with van der Waals surface area (Å²) in [4.78, 5) is 0. The zero-order chi connectivity index (χ0) is 15.2. The Kier molecular flexibility index (Phi) is 3.40. The van der Waals surface area contributed by atoms with Crippen LogP contribution in [0.5, 0.6) is 0 Å². The molecule has 0 radical (unpaired) electrons. The molecule has 0 aliphatic heterocycles. The Bertz CT molecular complexity index is 647. The van der Waals surface area contributed by atoms with Gasteiger partial charge in [-0.3, -0.25) is 0 Å². The third kappa shape index (κ3) is 2.62. The number of nitrogens with zero attached hydrogens (tertiary/aromatic N) is 2. The second-order valence-electron chi connectivity index (χ2n) is 7.19. The number of nitrogens with one attached hydrogen (secondary N) is 1. The molecule has 1 aliphatic carbocycles. The van der Waals surface area contributed by atoms with Crippen LogP contribution in [-0.2, 0) is 6.42 Å². The Labute approximate surface area is 127 Å². The average Bonchev–Trinajstić information content (AvgIpc) is 2.78. The molecule has 1 heterocycles. The van der Waals surface area contributed by atoms with E-state index in [4.69, 9.17) is 5.10 Å². The normalized spacial score (nSPS) is 20.3. The highest BCUT2D eigenvalue weighted by Crippen LogP contribution is 2.41. The molecule has 112 valence electrons. The van der Waals surface area contributed by atoms with Crippen LogP contribution in [0.2, 0.25) is 0 Å². The molecule has 2 aromatic rings. The maximum Gasteiger partial charge on any atom is 0.0654 e. The summed E-state index contributed by atoms with van der Waals surface area (Å²) >= 11 is 0. The summed E-state index contributed by atoms with van der Waals surface area (Å²) in [5, 5.41) is 8.14. The summed E-state index contributed by atoms with van der Waals surface area (Å²) in [5.74, 6) is 0. The van der Waals surface area contributed by atoms with Crippen molar-refractivity contribution in [2.24, 2.45) is 5.41 Å². The van der Waals surface area contributed by atoms with Crippen LogP contribution >= 0.6 is 0 Å². The highest BCUT2D eigenvalue weighted by atomic mass is 15.3. The van der Waals surface area contributed by atoms with Gasteiger partial charge in [-0.1, -0.05) is 19.9 Å². The summed E-state index contributed by atoms with van der Waals surface area (Å²) in [6.07, 6.45) is 4.28. The summed E-state index contributed by atoms with van der Waals surface area (Å²) < 4.78 is 2.14. The van der Waals surface area contributed by atoms with Crippen LogP contribution in [0.1, 0.15) is 48.7 Å². The van der Waals surface area contributed by atoms with Crippen molar-refractivity contribution in [2.75, 3.05) is 7.05 Å². The van der Waals surface area contributed by atoms with Crippen molar-refractivity contribution in [3.8, 4) is 5.69 Å². The largest absolute Gasteiger partial charge is 0.313 e. The van der Waals surface area contributed by atoms with E-state index in [1.807, 2.05) is 13.2 Å². The Morgan fingerprint density at radius 1 is 1.19 bits per heavy atom. The first-order valence-electron chi connectivity index (χ1n) is 7.72. The van der Waals surface area contributed by atoms with Gasteiger partial charge in [0.1, 0.15) is 0 Å². The van der Waals surface area contributed by atoms with E-state index in [2.05, 4.69) is 55.9 Å². The molecule has 0 saturated carbocycles. The van der Waals surface area contributed by atoms with Gasteiger partial charge in [0.25, 0.3) is 0 Å². The van der Waals surface area contributed by atoms with Crippen LogP contribution in [0, 0.1) is 19.3 Å². The molecule has 3 heteroatoms. The van der Waals surface area contributed by atoms with Crippen LogP contribution in [0.15, 0.2) is 24.4 Å². The van der Waals surface area contributed by atoms with Gasteiger partial charge in [-0.05, 0) is 62.4 Å². The number of benzene rings is 1. The zero-order valence-electron chi connectivity index (χ0n) is 13.7. The summed E-state index contributed by atoms with van der Waals surface area (Å²) in [6.45, 7) is 8.98. The summed E-state index contributed by atoms with van der Waals surface area (Å²) in [7, 11) is 2.05. The standard InChI is InChI=1S/C18H25N3/c1-12-6-13(2)8-14(7-12)21-17-10-18(3,4)9-16(19-5)15(17)11-20-21/h6-8,11,16,19H,9-10H2,1-5H3. The summed E-state index contributed by atoms with van der Waals surface area (Å²) in [5.41, 5.74) is 6.77. The van der Waals surface area contributed by atoms with Gasteiger partial charge in [0, 0.05) is 17.3 Å². The predicted octanol–water partition coefficient (Wildman–Crippen LogP) is 3.72. The van der Waals surface area contributed by atoms with Crippen molar-refractivity contribution in [3.05, 3.63) is 46.8 Å². The fourth-order valence-corrected chi connectivity index (χ4v) is 3.60. The van der Waals surface area contributed by atoms with Gasteiger partial charge in [0.15, 0.2) is 0 Å². The first-order valence-corrected chi connectivity index (χ1v) is 7.72. The third-order valence-corrected chi connectivity index (χ3v) is 4.48. The fraction of sp³-hybridized carbons (Fsp3) is 0.500. The monoisotopic (exact) mass is 283 g/mol. The second-order valence-corrected chi connectivity index (χ2v) is 7.19. The second kappa shape index (κ2) is 4.99. The SMILES string of the molecule is CNC1CC(C)(C)Cc2c1cnn2-c1cc(C)cc(C)c1. The molecule has 21 heavy (non-hydrogen) atoms. The van der Waals surface area contributed by atoms with E-state index < -0.39 is 0 Å². The van der Waals surface area contributed by atoms with E-state index in [1.54, 1.807) is 0 Å². The fourth-order valence-electron chi connectivity index (χ4n) is 3.60. The Morgan fingerprint density at radius 2 is 1.86 bits per heavy atom. The van der Waals surface area contributed by atoms with Crippen LogP contribution in [-0.4, -0.2) is 16.8 Å². The van der Waals surface area contributed by atoms with E-state index in [9.17, 15) is 0 Å². The molecule has 1 aromatic carbocycles. The molecule has 0 saturated heterocycles. The minimum absolute atomic E-state index is 0.303. The minimum Gasteiger partial charge on any atom is -0.313 e. The molecule has 0 amide bonds. The van der Waals surface area contributed by atoms with E-state index in [0.717, 1.165) is 12.8 Å². The van der Waals surface area contributed by atoms with Gasteiger partial charge in [0.05, 0.1) is 11.9 Å². The van der Waals surface area contributed by atoms with Crippen molar-refractivity contribution in [1.29, 1.82) is 0 Å². The molecule has 1 unspecified atom stereocenters. The molecule has 3 nitrogen and oxygen atoms in total. The van der Waals surface area contributed by atoms with Gasteiger partial charge >= 0.3 is 0 Å². The maximum absolute atomic E-state index is 4.69. The van der Waals surface area contributed by atoms with Crippen molar-refractivity contribution in [1.82, 2.24) is 15.1 Å². The molecule has 0 spiro atoms. The Hall–Kier alpha value is -1.61. The topological polar surface area (TPSA) is 29.9 Å². The highest BCUT2D eigenvalue weighted by molar-refractivity contribution is 5.42. The van der Waals surface area contributed by atoms with E-state index in [1.165, 1.54) is 28.1 Å². The predicted molar refractivity (Wildman–Crippen MR) is 86.9 cm³/mol. The molecular formula is C18H25N3. The lowest BCUT2D eigenvalue weighted by Crippen LogP contribution is -2.32. The minimum atomic E-state index is 0.303. The Balaban J connectivity index is 2.12. The zero-order valence-corrected chi connectivity index (χ0v) is 13.7. The quantitative estimate of drug-likeness (QED) is 0.910. The maximum atomic E-state index is 4.69. The van der Waals surface area contributed by atoms with Crippen molar-refractivity contribution in [3.63, 3.8) is 0 Å². The van der Waals surface area contributed by atoms with Gasteiger partial charge in [-0.25, -0.2) is 4.68 Å². The van der Waals surface area contributed by atoms with Crippen LogP contribution < -0.4 is 5.32 Å². The van der Waals surface area contributed by atoms with Crippen molar-refractivity contribution >= 4 is 0 Å². The number of aromatic nitrogens is 2. The van der Waals surface area contributed by atoms with E-state index in [0.29, 0.717) is 11.5 Å². The van der Waals surface area contributed by atoms with Crippen LogP contribution in [0.4, 0.5) is 0 Å². The third-order valence-electron chi connectivity index (χ3n) is 4.48. The number of hydrogen-bond donors (Lipinski definition) is 1. The molecule has 3 rings (SSSR count).